The van der Waals surface area contributed by atoms with Crippen molar-refractivity contribution in [3.05, 3.63) is 24.3 Å². The highest BCUT2D eigenvalue weighted by Gasteiger charge is 2.35. The monoisotopic (exact) mass is 280 g/mol. The van der Waals surface area contributed by atoms with E-state index in [9.17, 15) is 15.0 Å². The third-order valence-corrected chi connectivity index (χ3v) is 4.19. The molecule has 0 radical (unpaired) electrons. The minimum atomic E-state index is -0.717. The highest BCUT2D eigenvalue weighted by atomic mass is 16.5. The van der Waals surface area contributed by atoms with Crippen molar-refractivity contribution < 1.29 is 19.7 Å². The maximum Gasteiger partial charge on any atom is 0.330 e. The van der Waals surface area contributed by atoms with Crippen LogP contribution in [0.15, 0.2) is 24.3 Å². The van der Waals surface area contributed by atoms with E-state index in [1.165, 1.54) is 12.2 Å². The molecule has 0 amide bonds. The smallest absolute Gasteiger partial charge is 0.330 e. The van der Waals surface area contributed by atoms with Crippen molar-refractivity contribution in [2.75, 3.05) is 0 Å². The highest BCUT2D eigenvalue weighted by Crippen LogP contribution is 2.36. The van der Waals surface area contributed by atoms with Crippen LogP contribution in [0.2, 0.25) is 0 Å². The molecule has 112 valence electrons. The first-order chi connectivity index (χ1) is 9.56. The van der Waals surface area contributed by atoms with Gasteiger partial charge in [-0.05, 0) is 56.9 Å². The van der Waals surface area contributed by atoms with Gasteiger partial charge in [0.1, 0.15) is 0 Å². The Hall–Kier alpha value is -1.13. The Morgan fingerprint density at radius 1 is 1.25 bits per heavy atom. The number of carbonyl (C=O) groups is 1. The number of hydrogen-bond acceptors (Lipinski definition) is 4. The average Bonchev–Trinajstić information content (AvgIpc) is 2.76. The molecule has 1 fully saturated rings. The first kappa shape index (κ1) is 15.3. The molecule has 0 aromatic rings. The molecular formula is C16H24O4. The van der Waals surface area contributed by atoms with Crippen LogP contribution < -0.4 is 0 Å². The second-order valence-electron chi connectivity index (χ2n) is 5.91. The van der Waals surface area contributed by atoms with Crippen molar-refractivity contribution in [1.29, 1.82) is 0 Å². The minimum absolute atomic E-state index is 0.0246. The predicted molar refractivity (Wildman–Crippen MR) is 75.9 cm³/mol. The molecule has 1 aliphatic carbocycles. The summed E-state index contributed by atoms with van der Waals surface area (Å²) in [6, 6.07) is 0. The lowest BCUT2D eigenvalue weighted by Gasteiger charge is -2.19. The normalized spacial score (nSPS) is 39.4. The van der Waals surface area contributed by atoms with Crippen molar-refractivity contribution in [3.8, 4) is 0 Å². The van der Waals surface area contributed by atoms with E-state index in [0.717, 1.165) is 19.3 Å². The zero-order chi connectivity index (χ0) is 14.5. The van der Waals surface area contributed by atoms with E-state index in [2.05, 4.69) is 12.2 Å². The summed E-state index contributed by atoms with van der Waals surface area (Å²) in [5.74, 6) is -0.249. The van der Waals surface area contributed by atoms with Crippen LogP contribution in [-0.4, -0.2) is 34.5 Å². The van der Waals surface area contributed by atoms with Crippen molar-refractivity contribution in [1.82, 2.24) is 0 Å². The Kier molecular flexibility index (Phi) is 5.38. The predicted octanol–water partition coefficient (Wildman–Crippen LogP) is 1.96. The van der Waals surface area contributed by atoms with E-state index in [4.69, 9.17) is 4.74 Å². The van der Waals surface area contributed by atoms with Crippen molar-refractivity contribution in [2.45, 2.75) is 57.3 Å². The Labute approximate surface area is 120 Å². The Morgan fingerprint density at radius 2 is 2.05 bits per heavy atom. The van der Waals surface area contributed by atoms with Gasteiger partial charge in [-0.3, -0.25) is 0 Å². The van der Waals surface area contributed by atoms with Gasteiger partial charge in [-0.25, -0.2) is 4.79 Å². The molecule has 1 heterocycles. The molecule has 0 spiro atoms. The standard InChI is InChI=1S/C16H24O4/c1-11-5-3-2-4-6-12-9-13(17)10-14(12)15(18)7-8-16(19)20-11/h4,6-8,11-15,17-18H,2-3,5,9-10H2,1H3/t11-,12+,13-,14+,15+/m1/s1. The van der Waals surface area contributed by atoms with Crippen LogP contribution in [0.5, 0.6) is 0 Å². The van der Waals surface area contributed by atoms with Crippen LogP contribution in [0, 0.1) is 11.8 Å². The molecule has 0 unspecified atom stereocenters. The number of cyclic esters (lactones) is 1. The van der Waals surface area contributed by atoms with Crippen LogP contribution in [0.1, 0.15) is 39.0 Å². The summed E-state index contributed by atoms with van der Waals surface area (Å²) in [4.78, 5) is 11.6. The average molecular weight is 280 g/mol. The molecule has 4 nitrogen and oxygen atoms in total. The topological polar surface area (TPSA) is 66.8 Å². The molecule has 1 saturated carbocycles. The van der Waals surface area contributed by atoms with Gasteiger partial charge in [-0.1, -0.05) is 12.2 Å². The summed E-state index contributed by atoms with van der Waals surface area (Å²) in [5, 5.41) is 20.0. The number of hydrogen-bond donors (Lipinski definition) is 2. The summed E-state index contributed by atoms with van der Waals surface area (Å²) in [5.41, 5.74) is 0. The van der Waals surface area contributed by atoms with Crippen molar-refractivity contribution in [3.63, 3.8) is 0 Å². The van der Waals surface area contributed by atoms with Crippen molar-refractivity contribution >= 4 is 5.97 Å². The second kappa shape index (κ2) is 7.04. The molecule has 2 aliphatic rings. The second-order valence-corrected chi connectivity index (χ2v) is 5.91. The maximum atomic E-state index is 11.6. The molecular weight excluding hydrogens is 256 g/mol. The van der Waals surface area contributed by atoms with E-state index in [1.54, 1.807) is 0 Å². The zero-order valence-electron chi connectivity index (χ0n) is 11.9. The fourth-order valence-electron chi connectivity index (χ4n) is 3.10. The van der Waals surface area contributed by atoms with Crippen LogP contribution >= 0.6 is 0 Å². The number of esters is 1. The van der Waals surface area contributed by atoms with Gasteiger partial charge in [0, 0.05) is 6.08 Å². The summed E-state index contributed by atoms with van der Waals surface area (Å²) >= 11 is 0. The molecule has 1 aliphatic heterocycles. The van der Waals surface area contributed by atoms with E-state index in [1.807, 2.05) is 6.92 Å². The van der Waals surface area contributed by atoms with Crippen LogP contribution in [0.3, 0.4) is 0 Å². The molecule has 2 N–H and O–H groups in total. The molecule has 5 atom stereocenters. The van der Waals surface area contributed by atoms with E-state index in [-0.39, 0.29) is 24.0 Å². The Bertz CT molecular complexity index is 388. The molecule has 0 bridgehead atoms. The molecule has 2 rings (SSSR count). The van der Waals surface area contributed by atoms with Crippen LogP contribution in [0.4, 0.5) is 0 Å². The lowest BCUT2D eigenvalue weighted by atomic mass is 9.90. The maximum absolute atomic E-state index is 11.6. The minimum Gasteiger partial charge on any atom is -0.460 e. The van der Waals surface area contributed by atoms with Gasteiger partial charge in [0.15, 0.2) is 0 Å². The van der Waals surface area contributed by atoms with Crippen molar-refractivity contribution in [2.24, 2.45) is 11.8 Å². The third-order valence-electron chi connectivity index (χ3n) is 4.19. The SMILES string of the molecule is C[C@@H]1CCCC=C[C@H]2C[C@@H](O)C[C@@H]2[C@@H](O)C=CC(=O)O1. The summed E-state index contributed by atoms with van der Waals surface area (Å²) in [7, 11) is 0. The number of ether oxygens (including phenoxy) is 1. The van der Waals surface area contributed by atoms with E-state index >= 15 is 0 Å². The Balaban J connectivity index is 2.11. The van der Waals surface area contributed by atoms with Crippen LogP contribution in [-0.2, 0) is 9.53 Å². The quantitative estimate of drug-likeness (QED) is 0.526. The first-order valence-corrected chi connectivity index (χ1v) is 7.48. The van der Waals surface area contributed by atoms with Gasteiger partial charge in [0.05, 0.1) is 18.3 Å². The number of fused-ring (bicyclic) bond motifs is 1. The van der Waals surface area contributed by atoms with Gasteiger partial charge < -0.3 is 14.9 Å². The third kappa shape index (κ3) is 4.18. The fourth-order valence-corrected chi connectivity index (χ4v) is 3.10. The van der Waals surface area contributed by atoms with Gasteiger partial charge in [0.2, 0.25) is 0 Å². The van der Waals surface area contributed by atoms with E-state index < -0.39 is 12.1 Å². The van der Waals surface area contributed by atoms with E-state index in [0.29, 0.717) is 12.8 Å². The van der Waals surface area contributed by atoms with Gasteiger partial charge in [-0.2, -0.15) is 0 Å². The summed E-state index contributed by atoms with van der Waals surface area (Å²) in [6.07, 6.45) is 9.87. The lowest BCUT2D eigenvalue weighted by Crippen LogP contribution is -2.21. The fraction of sp³-hybridized carbons (Fsp3) is 0.688. The Morgan fingerprint density at radius 3 is 2.85 bits per heavy atom. The zero-order valence-corrected chi connectivity index (χ0v) is 11.9. The number of aliphatic hydroxyl groups is 2. The molecule has 0 aromatic heterocycles. The number of allylic oxidation sites excluding steroid dienone is 2. The van der Waals surface area contributed by atoms with Gasteiger partial charge in [-0.15, -0.1) is 0 Å². The molecule has 0 aromatic carbocycles. The summed E-state index contributed by atoms with van der Waals surface area (Å²) in [6.45, 7) is 1.89. The molecule has 0 saturated heterocycles. The molecule has 4 heteroatoms. The summed E-state index contributed by atoms with van der Waals surface area (Å²) < 4.78 is 5.23. The number of rotatable bonds is 0. The van der Waals surface area contributed by atoms with Gasteiger partial charge in [0.25, 0.3) is 0 Å². The molecule has 20 heavy (non-hydrogen) atoms. The number of carbonyl (C=O) groups excluding carboxylic acids is 1. The first-order valence-electron chi connectivity index (χ1n) is 7.48. The van der Waals surface area contributed by atoms with Gasteiger partial charge >= 0.3 is 5.97 Å². The van der Waals surface area contributed by atoms with Crippen LogP contribution in [0.25, 0.3) is 0 Å². The highest BCUT2D eigenvalue weighted by molar-refractivity contribution is 5.82. The lowest BCUT2D eigenvalue weighted by molar-refractivity contribution is -0.142. The number of aliphatic hydroxyl groups excluding tert-OH is 2. The largest absolute Gasteiger partial charge is 0.460 e.